The Bertz CT molecular complexity index is 574. The lowest BCUT2D eigenvalue weighted by Gasteiger charge is -2.11. The zero-order valence-electron chi connectivity index (χ0n) is 17.8. The lowest BCUT2D eigenvalue weighted by atomic mass is 9.98. The summed E-state index contributed by atoms with van der Waals surface area (Å²) in [7, 11) is 0. The molecule has 4 nitrogen and oxygen atoms in total. The Labute approximate surface area is 171 Å². The van der Waals surface area contributed by atoms with Crippen LogP contribution < -0.4 is 0 Å². The van der Waals surface area contributed by atoms with Crippen LogP contribution in [0.1, 0.15) is 100 Å². The minimum absolute atomic E-state index is 0.379. The first-order valence-electron chi connectivity index (χ1n) is 10.9. The molecule has 0 aromatic heterocycles. The minimum Gasteiger partial charge on any atom is -0.377 e. The Morgan fingerprint density at radius 3 is 1.39 bits per heavy atom. The van der Waals surface area contributed by atoms with Crippen molar-refractivity contribution >= 4 is 0 Å². The normalized spacial score (nSPS) is 10.6. The van der Waals surface area contributed by atoms with E-state index >= 15 is 0 Å². The molecule has 28 heavy (non-hydrogen) atoms. The van der Waals surface area contributed by atoms with Gasteiger partial charge >= 0.3 is 0 Å². The van der Waals surface area contributed by atoms with Crippen molar-refractivity contribution in [3.05, 3.63) is 34.4 Å². The third-order valence-corrected chi connectivity index (χ3v) is 4.90. The van der Waals surface area contributed by atoms with Gasteiger partial charge in [-0.3, -0.25) is 0 Å². The monoisotopic (exact) mass is 384 g/mol. The van der Waals surface area contributed by atoms with Gasteiger partial charge < -0.3 is 9.47 Å². The molecule has 0 aliphatic carbocycles. The molecule has 0 aliphatic heterocycles. The summed E-state index contributed by atoms with van der Waals surface area (Å²) >= 11 is 0. The van der Waals surface area contributed by atoms with Crippen LogP contribution in [0.4, 0.5) is 0 Å². The molecule has 0 atom stereocenters. The standard InChI is InChI=1S/C24H36N2O2/c1-3-5-7-9-11-15-27-19-21-13-14-22(24(18-26)23(21)17-25)20-28-16-12-10-8-6-4-2/h13-14H,3-12,15-16,19-20H2,1-2H3. The molecule has 0 saturated carbocycles. The summed E-state index contributed by atoms with van der Waals surface area (Å²) in [5.74, 6) is 0. The highest BCUT2D eigenvalue weighted by atomic mass is 16.5. The largest absolute Gasteiger partial charge is 0.377 e. The molecule has 0 saturated heterocycles. The molecule has 0 N–H and O–H groups in total. The third-order valence-electron chi connectivity index (χ3n) is 4.90. The summed E-state index contributed by atoms with van der Waals surface area (Å²) in [6.45, 7) is 6.55. The smallest absolute Gasteiger partial charge is 0.101 e. The van der Waals surface area contributed by atoms with Gasteiger partial charge in [-0.05, 0) is 24.0 Å². The molecule has 1 aromatic carbocycles. The quantitative estimate of drug-likeness (QED) is 0.309. The highest BCUT2D eigenvalue weighted by molar-refractivity contribution is 5.54. The van der Waals surface area contributed by atoms with Gasteiger partial charge in [0.05, 0.1) is 24.3 Å². The lowest BCUT2D eigenvalue weighted by Crippen LogP contribution is -2.04. The van der Waals surface area contributed by atoms with E-state index in [4.69, 9.17) is 9.47 Å². The maximum atomic E-state index is 9.55. The third kappa shape index (κ3) is 9.36. The second kappa shape index (κ2) is 16.1. The molecule has 4 heteroatoms. The Morgan fingerprint density at radius 1 is 0.643 bits per heavy atom. The summed E-state index contributed by atoms with van der Waals surface area (Å²) in [5.41, 5.74) is 2.43. The molecule has 0 fully saturated rings. The number of unbranched alkanes of at least 4 members (excludes halogenated alkanes) is 8. The van der Waals surface area contributed by atoms with E-state index in [1.54, 1.807) is 0 Å². The van der Waals surface area contributed by atoms with Gasteiger partial charge in [0.2, 0.25) is 0 Å². The Hall–Kier alpha value is -1.88. The predicted octanol–water partition coefficient (Wildman–Crippen LogP) is 6.40. The van der Waals surface area contributed by atoms with Crippen LogP contribution in [0, 0.1) is 22.7 Å². The number of ether oxygens (including phenoxy) is 2. The van der Waals surface area contributed by atoms with Crippen molar-refractivity contribution in [2.24, 2.45) is 0 Å². The highest BCUT2D eigenvalue weighted by Gasteiger charge is 2.13. The van der Waals surface area contributed by atoms with Gasteiger partial charge in [-0.25, -0.2) is 0 Å². The Kier molecular flexibility index (Phi) is 13.9. The van der Waals surface area contributed by atoms with Crippen molar-refractivity contribution in [2.75, 3.05) is 13.2 Å². The summed E-state index contributed by atoms with van der Waals surface area (Å²) < 4.78 is 11.5. The maximum absolute atomic E-state index is 9.55. The van der Waals surface area contributed by atoms with Crippen LogP contribution in [-0.4, -0.2) is 13.2 Å². The summed E-state index contributed by atoms with van der Waals surface area (Å²) in [6.07, 6.45) is 11.9. The molecule has 0 unspecified atom stereocenters. The van der Waals surface area contributed by atoms with Crippen LogP contribution in [-0.2, 0) is 22.7 Å². The van der Waals surface area contributed by atoms with Crippen LogP contribution in [0.3, 0.4) is 0 Å². The molecule has 0 heterocycles. The topological polar surface area (TPSA) is 66.0 Å². The lowest BCUT2D eigenvalue weighted by molar-refractivity contribution is 0.114. The van der Waals surface area contributed by atoms with Gasteiger partial charge in [-0.15, -0.1) is 0 Å². The number of rotatable bonds is 16. The maximum Gasteiger partial charge on any atom is 0.101 e. The van der Waals surface area contributed by atoms with E-state index in [-0.39, 0.29) is 0 Å². The summed E-state index contributed by atoms with van der Waals surface area (Å²) in [6, 6.07) is 8.18. The van der Waals surface area contributed by atoms with Crippen LogP contribution >= 0.6 is 0 Å². The van der Waals surface area contributed by atoms with Crippen molar-refractivity contribution in [1.29, 1.82) is 10.5 Å². The fraction of sp³-hybridized carbons (Fsp3) is 0.667. The average molecular weight is 385 g/mol. The van der Waals surface area contributed by atoms with E-state index in [0.717, 1.165) is 24.0 Å². The fourth-order valence-electron chi connectivity index (χ4n) is 3.16. The van der Waals surface area contributed by atoms with E-state index in [1.807, 2.05) is 12.1 Å². The zero-order valence-corrected chi connectivity index (χ0v) is 17.8. The van der Waals surface area contributed by atoms with E-state index in [2.05, 4.69) is 26.0 Å². The fourth-order valence-corrected chi connectivity index (χ4v) is 3.16. The van der Waals surface area contributed by atoms with Crippen LogP contribution in [0.15, 0.2) is 12.1 Å². The van der Waals surface area contributed by atoms with E-state index < -0.39 is 0 Å². The first-order chi connectivity index (χ1) is 13.8. The molecule has 0 spiro atoms. The molecular formula is C24H36N2O2. The van der Waals surface area contributed by atoms with Gasteiger partial charge in [-0.1, -0.05) is 77.3 Å². The summed E-state index contributed by atoms with van der Waals surface area (Å²) in [4.78, 5) is 0. The number of hydrogen-bond donors (Lipinski definition) is 0. The van der Waals surface area contributed by atoms with Crippen molar-refractivity contribution in [2.45, 2.75) is 91.3 Å². The summed E-state index contributed by atoms with van der Waals surface area (Å²) in [5, 5.41) is 19.1. The van der Waals surface area contributed by atoms with Crippen molar-refractivity contribution in [3.63, 3.8) is 0 Å². The first-order valence-corrected chi connectivity index (χ1v) is 10.9. The Balaban J connectivity index is 2.49. The van der Waals surface area contributed by atoms with Gasteiger partial charge in [-0.2, -0.15) is 10.5 Å². The van der Waals surface area contributed by atoms with Gasteiger partial charge in [0.1, 0.15) is 12.1 Å². The van der Waals surface area contributed by atoms with Crippen molar-refractivity contribution < 1.29 is 9.47 Å². The van der Waals surface area contributed by atoms with E-state index in [9.17, 15) is 10.5 Å². The average Bonchev–Trinajstić information content (AvgIpc) is 2.72. The number of hydrogen-bond acceptors (Lipinski definition) is 4. The van der Waals surface area contributed by atoms with Gasteiger partial charge in [0.25, 0.3) is 0 Å². The van der Waals surface area contributed by atoms with Crippen LogP contribution in [0.2, 0.25) is 0 Å². The number of nitriles is 2. The highest BCUT2D eigenvalue weighted by Crippen LogP contribution is 2.20. The van der Waals surface area contributed by atoms with E-state index in [1.165, 1.54) is 51.4 Å². The van der Waals surface area contributed by atoms with Crippen molar-refractivity contribution in [1.82, 2.24) is 0 Å². The zero-order chi connectivity index (χ0) is 20.5. The van der Waals surface area contributed by atoms with Crippen LogP contribution in [0.25, 0.3) is 0 Å². The minimum atomic E-state index is 0.379. The number of benzene rings is 1. The van der Waals surface area contributed by atoms with Gasteiger partial charge in [0, 0.05) is 13.2 Å². The Morgan fingerprint density at radius 2 is 1.04 bits per heavy atom. The molecule has 0 amide bonds. The molecular weight excluding hydrogens is 348 g/mol. The molecule has 154 valence electrons. The first kappa shape index (κ1) is 24.2. The van der Waals surface area contributed by atoms with Crippen LogP contribution in [0.5, 0.6) is 0 Å². The molecule has 1 rings (SSSR count). The van der Waals surface area contributed by atoms with Crippen molar-refractivity contribution in [3.8, 4) is 12.1 Å². The SMILES string of the molecule is CCCCCCCOCc1ccc(COCCCCCCC)c(C#N)c1C#N. The molecule has 0 radical (unpaired) electrons. The number of nitrogens with zero attached hydrogens (tertiary/aromatic N) is 2. The molecule has 0 bridgehead atoms. The van der Waals surface area contributed by atoms with E-state index in [0.29, 0.717) is 37.6 Å². The molecule has 1 aromatic rings. The second-order valence-electron chi connectivity index (χ2n) is 7.29. The molecule has 0 aliphatic rings. The predicted molar refractivity (Wildman–Crippen MR) is 113 cm³/mol. The van der Waals surface area contributed by atoms with Gasteiger partial charge in [0.15, 0.2) is 0 Å². The second-order valence-corrected chi connectivity index (χ2v) is 7.29.